The molecule has 0 aliphatic rings. The van der Waals surface area contributed by atoms with Crippen LogP contribution in [0.3, 0.4) is 0 Å². The first-order chi connectivity index (χ1) is 6.68. The molecule has 1 heterocycles. The molecular weight excluding hydrogens is 172 g/mol. The van der Waals surface area contributed by atoms with Crippen molar-refractivity contribution in [2.75, 3.05) is 19.0 Å². The fourth-order valence-corrected chi connectivity index (χ4v) is 1.65. The summed E-state index contributed by atoms with van der Waals surface area (Å²) in [6.45, 7) is 2.04. The quantitative estimate of drug-likeness (QED) is 0.680. The molecule has 0 bridgehead atoms. The van der Waals surface area contributed by atoms with Crippen LogP contribution in [0.15, 0.2) is 30.3 Å². The second kappa shape index (κ2) is 3.29. The van der Waals surface area contributed by atoms with E-state index in [4.69, 9.17) is 0 Å². The lowest BCUT2D eigenvalue weighted by molar-refractivity contribution is 1.09. The molecule has 2 rings (SSSR count). The van der Waals surface area contributed by atoms with Crippen LogP contribution in [0.25, 0.3) is 10.9 Å². The highest BCUT2D eigenvalue weighted by atomic mass is 15.1. The molecule has 2 nitrogen and oxygen atoms in total. The zero-order valence-electron chi connectivity index (χ0n) is 8.78. The summed E-state index contributed by atoms with van der Waals surface area (Å²) < 4.78 is 0. The van der Waals surface area contributed by atoms with Gasteiger partial charge in [-0.05, 0) is 19.1 Å². The third kappa shape index (κ3) is 1.43. The van der Waals surface area contributed by atoms with Gasteiger partial charge in [-0.15, -0.1) is 0 Å². The molecule has 72 valence electrons. The number of fused-ring (bicyclic) bond motifs is 1. The van der Waals surface area contributed by atoms with Gasteiger partial charge in [0.1, 0.15) is 0 Å². The van der Waals surface area contributed by atoms with Gasteiger partial charge >= 0.3 is 0 Å². The molecule has 14 heavy (non-hydrogen) atoms. The van der Waals surface area contributed by atoms with Crippen LogP contribution >= 0.6 is 0 Å². The summed E-state index contributed by atoms with van der Waals surface area (Å²) in [6, 6.07) is 10.4. The van der Waals surface area contributed by atoms with E-state index < -0.39 is 0 Å². The Bertz CT molecular complexity index is 461. The molecule has 0 saturated heterocycles. The summed E-state index contributed by atoms with van der Waals surface area (Å²) in [7, 11) is 4.08. The Morgan fingerprint density at radius 2 is 1.86 bits per heavy atom. The number of benzene rings is 1. The van der Waals surface area contributed by atoms with E-state index in [0.29, 0.717) is 0 Å². The third-order valence-corrected chi connectivity index (χ3v) is 2.37. The van der Waals surface area contributed by atoms with Crippen molar-refractivity contribution >= 4 is 16.6 Å². The van der Waals surface area contributed by atoms with Crippen LogP contribution in [0.4, 0.5) is 5.69 Å². The minimum Gasteiger partial charge on any atom is -0.376 e. The van der Waals surface area contributed by atoms with Crippen molar-refractivity contribution in [1.82, 2.24) is 4.98 Å². The van der Waals surface area contributed by atoms with Gasteiger partial charge in [0, 0.05) is 19.5 Å². The van der Waals surface area contributed by atoms with Crippen molar-refractivity contribution < 1.29 is 0 Å². The topological polar surface area (TPSA) is 16.1 Å². The largest absolute Gasteiger partial charge is 0.376 e. The van der Waals surface area contributed by atoms with Crippen LogP contribution in [0.2, 0.25) is 0 Å². The molecule has 1 aromatic carbocycles. The molecule has 0 spiro atoms. The maximum Gasteiger partial charge on any atom is 0.0706 e. The second-order valence-electron chi connectivity index (χ2n) is 3.68. The highest BCUT2D eigenvalue weighted by molar-refractivity contribution is 5.82. The number of nitrogens with zero attached hydrogens (tertiary/aromatic N) is 2. The minimum absolute atomic E-state index is 1.07. The van der Waals surface area contributed by atoms with Gasteiger partial charge in [-0.25, -0.2) is 0 Å². The van der Waals surface area contributed by atoms with Crippen molar-refractivity contribution in [3.05, 3.63) is 36.0 Å². The van der Waals surface area contributed by atoms with Crippen LogP contribution in [-0.2, 0) is 0 Å². The van der Waals surface area contributed by atoms with Crippen molar-refractivity contribution in [2.24, 2.45) is 0 Å². The van der Waals surface area contributed by atoms with E-state index in [9.17, 15) is 0 Å². The molecule has 0 unspecified atom stereocenters. The highest BCUT2D eigenvalue weighted by Gasteiger charge is 2.03. The standard InChI is InChI=1S/C12H14N2/c1-9-12(14(2)3)8-10-6-4-5-7-11(10)13-9/h4-8H,1-3H3. The molecule has 0 aliphatic heterocycles. The Labute approximate surface area is 84.2 Å². The van der Waals surface area contributed by atoms with Crippen molar-refractivity contribution in [1.29, 1.82) is 0 Å². The van der Waals surface area contributed by atoms with Gasteiger partial charge < -0.3 is 4.90 Å². The molecule has 0 saturated carbocycles. The average Bonchev–Trinajstić information content (AvgIpc) is 2.16. The molecule has 1 aromatic heterocycles. The van der Waals surface area contributed by atoms with Gasteiger partial charge in [0.25, 0.3) is 0 Å². The van der Waals surface area contributed by atoms with Crippen molar-refractivity contribution in [2.45, 2.75) is 6.92 Å². The normalized spacial score (nSPS) is 10.5. The Balaban J connectivity index is 2.71. The molecule has 2 aromatic rings. The van der Waals surface area contributed by atoms with E-state index in [1.807, 2.05) is 39.2 Å². The second-order valence-corrected chi connectivity index (χ2v) is 3.68. The van der Waals surface area contributed by atoms with E-state index in [2.05, 4.69) is 22.0 Å². The number of anilines is 1. The lowest BCUT2D eigenvalue weighted by Crippen LogP contribution is -2.10. The lowest BCUT2D eigenvalue weighted by Gasteiger charge is -2.15. The van der Waals surface area contributed by atoms with E-state index in [-0.39, 0.29) is 0 Å². The van der Waals surface area contributed by atoms with Gasteiger partial charge in [0.15, 0.2) is 0 Å². The third-order valence-electron chi connectivity index (χ3n) is 2.37. The number of rotatable bonds is 1. The van der Waals surface area contributed by atoms with Gasteiger partial charge in [-0.1, -0.05) is 18.2 Å². The Hall–Kier alpha value is -1.57. The van der Waals surface area contributed by atoms with E-state index in [0.717, 1.165) is 11.2 Å². The molecule has 0 N–H and O–H groups in total. The number of para-hydroxylation sites is 1. The minimum atomic E-state index is 1.07. The Kier molecular flexibility index (Phi) is 2.12. The van der Waals surface area contributed by atoms with E-state index in [1.54, 1.807) is 0 Å². The predicted octanol–water partition coefficient (Wildman–Crippen LogP) is 2.61. The smallest absolute Gasteiger partial charge is 0.0706 e. The molecular formula is C12H14N2. The molecule has 0 aliphatic carbocycles. The molecule has 0 fully saturated rings. The van der Waals surface area contributed by atoms with Crippen LogP contribution in [0.1, 0.15) is 5.69 Å². The van der Waals surface area contributed by atoms with Gasteiger partial charge in [0.05, 0.1) is 16.9 Å². The predicted molar refractivity (Wildman–Crippen MR) is 60.8 cm³/mol. The zero-order valence-corrected chi connectivity index (χ0v) is 8.78. The van der Waals surface area contributed by atoms with Gasteiger partial charge in [-0.3, -0.25) is 4.98 Å². The monoisotopic (exact) mass is 186 g/mol. The summed E-state index contributed by atoms with van der Waals surface area (Å²) in [6.07, 6.45) is 0. The van der Waals surface area contributed by atoms with E-state index >= 15 is 0 Å². The van der Waals surface area contributed by atoms with Gasteiger partial charge in [-0.2, -0.15) is 0 Å². The summed E-state index contributed by atoms with van der Waals surface area (Å²) in [5.74, 6) is 0. The summed E-state index contributed by atoms with van der Waals surface area (Å²) in [5.41, 5.74) is 3.33. The number of hydrogen-bond acceptors (Lipinski definition) is 2. The number of aromatic nitrogens is 1. The van der Waals surface area contributed by atoms with Gasteiger partial charge in [0.2, 0.25) is 0 Å². The SMILES string of the molecule is Cc1nc2ccccc2cc1N(C)C. The zero-order chi connectivity index (χ0) is 10.1. The summed E-state index contributed by atoms with van der Waals surface area (Å²) in [4.78, 5) is 6.65. The first-order valence-electron chi connectivity index (χ1n) is 4.72. The lowest BCUT2D eigenvalue weighted by atomic mass is 10.2. The highest BCUT2D eigenvalue weighted by Crippen LogP contribution is 2.21. The first kappa shape index (κ1) is 9.00. The molecule has 0 radical (unpaired) electrons. The molecule has 0 amide bonds. The maximum absolute atomic E-state index is 4.56. The fraction of sp³-hybridized carbons (Fsp3) is 0.250. The van der Waals surface area contributed by atoms with Crippen molar-refractivity contribution in [3.8, 4) is 0 Å². The summed E-state index contributed by atoms with van der Waals surface area (Å²) in [5, 5.41) is 1.20. The maximum atomic E-state index is 4.56. The average molecular weight is 186 g/mol. The van der Waals surface area contributed by atoms with Crippen LogP contribution in [-0.4, -0.2) is 19.1 Å². The van der Waals surface area contributed by atoms with Crippen LogP contribution in [0, 0.1) is 6.92 Å². The Morgan fingerprint density at radius 3 is 2.57 bits per heavy atom. The molecule has 0 atom stereocenters. The Morgan fingerprint density at radius 1 is 1.14 bits per heavy atom. The first-order valence-corrected chi connectivity index (χ1v) is 4.72. The van der Waals surface area contributed by atoms with E-state index in [1.165, 1.54) is 11.1 Å². The summed E-state index contributed by atoms with van der Waals surface area (Å²) >= 11 is 0. The van der Waals surface area contributed by atoms with Crippen LogP contribution in [0.5, 0.6) is 0 Å². The number of pyridine rings is 1. The number of hydrogen-bond donors (Lipinski definition) is 0. The number of aryl methyl sites for hydroxylation is 1. The van der Waals surface area contributed by atoms with Crippen molar-refractivity contribution in [3.63, 3.8) is 0 Å². The fourth-order valence-electron chi connectivity index (χ4n) is 1.65. The molecule has 2 heteroatoms. The van der Waals surface area contributed by atoms with Crippen LogP contribution < -0.4 is 4.90 Å².